The van der Waals surface area contributed by atoms with Crippen molar-refractivity contribution in [2.75, 3.05) is 49.7 Å². The number of carbonyl (C=O) groups is 1. The van der Waals surface area contributed by atoms with E-state index in [4.69, 9.17) is 18.6 Å². The molecule has 222 valence electrons. The fourth-order valence-electron chi connectivity index (χ4n) is 4.86. The number of amides is 1. The molecule has 2 aromatic heterocycles. The maximum atomic E-state index is 14.1. The van der Waals surface area contributed by atoms with Gasteiger partial charge in [-0.05, 0) is 18.9 Å². The number of para-hydroxylation sites is 1. The lowest BCUT2D eigenvalue weighted by molar-refractivity contribution is -0.0668. The Morgan fingerprint density at radius 1 is 1.17 bits per heavy atom. The number of aromatic nitrogens is 3. The van der Waals surface area contributed by atoms with Crippen LogP contribution in [-0.4, -0.2) is 93.1 Å². The first kappa shape index (κ1) is 29.0. The Kier molecular flexibility index (Phi) is 8.09. The maximum absolute atomic E-state index is 14.1. The summed E-state index contributed by atoms with van der Waals surface area (Å²) in [5.41, 5.74) is 0.535. The molecule has 1 saturated heterocycles. The van der Waals surface area contributed by atoms with Crippen LogP contribution in [0.3, 0.4) is 0 Å². The Morgan fingerprint density at radius 2 is 1.90 bits per heavy atom. The lowest BCUT2D eigenvalue weighted by Crippen LogP contribution is -2.54. The predicted octanol–water partition coefficient (Wildman–Crippen LogP) is 1.57. The summed E-state index contributed by atoms with van der Waals surface area (Å²) in [6.07, 6.45) is 3.87. The standard InChI is InChI=1S/C25H31N5O9S2/c1-28-21-22(27-23(28)24-26-10-14-38-24)30(41(34,35)29(25(21)31)11-15-40(3,32)33)16-20(39-17-8-12-37-13-9-17)18-6-4-5-7-19(18)36-2/h4-7,10,14,17,20H,8-9,11-13,15-16H2,1-3H3/t20-/m0/s1. The van der Waals surface area contributed by atoms with Crippen molar-refractivity contribution in [2.24, 2.45) is 7.05 Å². The number of ether oxygens (including phenoxy) is 3. The van der Waals surface area contributed by atoms with Crippen LogP contribution in [0.25, 0.3) is 11.7 Å². The summed E-state index contributed by atoms with van der Waals surface area (Å²) in [7, 11) is -5.17. The van der Waals surface area contributed by atoms with Crippen molar-refractivity contribution in [3.05, 3.63) is 48.0 Å². The summed E-state index contributed by atoms with van der Waals surface area (Å²) < 4.78 is 77.9. The second-order valence-corrected chi connectivity index (χ2v) is 13.8. The highest BCUT2D eigenvalue weighted by atomic mass is 32.2. The molecule has 0 unspecified atom stereocenters. The zero-order valence-electron chi connectivity index (χ0n) is 22.8. The van der Waals surface area contributed by atoms with Gasteiger partial charge in [0.1, 0.15) is 28.0 Å². The van der Waals surface area contributed by atoms with Gasteiger partial charge in [0.25, 0.3) is 11.8 Å². The van der Waals surface area contributed by atoms with Crippen molar-refractivity contribution < 1.29 is 40.3 Å². The Balaban J connectivity index is 1.63. The van der Waals surface area contributed by atoms with E-state index in [1.165, 1.54) is 31.2 Å². The van der Waals surface area contributed by atoms with E-state index in [2.05, 4.69) is 9.97 Å². The molecule has 3 aromatic rings. The van der Waals surface area contributed by atoms with E-state index in [1.807, 2.05) is 0 Å². The summed E-state index contributed by atoms with van der Waals surface area (Å²) in [4.78, 5) is 22.2. The van der Waals surface area contributed by atoms with Gasteiger partial charge in [-0.25, -0.2) is 27.0 Å². The van der Waals surface area contributed by atoms with E-state index in [1.54, 1.807) is 24.3 Å². The van der Waals surface area contributed by atoms with E-state index < -0.39 is 44.4 Å². The number of nitrogens with zero attached hydrogens (tertiary/aromatic N) is 5. The third kappa shape index (κ3) is 5.82. The number of rotatable bonds is 10. The van der Waals surface area contributed by atoms with Crippen LogP contribution in [0.2, 0.25) is 0 Å². The lowest BCUT2D eigenvalue weighted by Gasteiger charge is -2.37. The molecule has 2 aliphatic heterocycles. The third-order valence-electron chi connectivity index (χ3n) is 6.93. The number of hydrogen-bond donors (Lipinski definition) is 0. The van der Waals surface area contributed by atoms with Gasteiger partial charge in [-0.1, -0.05) is 18.2 Å². The number of anilines is 1. The van der Waals surface area contributed by atoms with Crippen LogP contribution < -0.4 is 9.04 Å². The molecule has 1 aromatic carbocycles. The van der Waals surface area contributed by atoms with Gasteiger partial charge in [0.15, 0.2) is 17.3 Å². The summed E-state index contributed by atoms with van der Waals surface area (Å²) in [5, 5.41) is 0. The molecule has 1 atom stereocenters. The molecule has 0 radical (unpaired) electrons. The summed E-state index contributed by atoms with van der Waals surface area (Å²) in [5.74, 6) is -0.915. The molecule has 1 amide bonds. The molecule has 14 nitrogen and oxygen atoms in total. The van der Waals surface area contributed by atoms with E-state index >= 15 is 0 Å². The SMILES string of the molecule is COc1ccccc1[C@H](CN1c2nc(-c3ncco3)n(C)c2C(=O)N(CCS(C)(=O)=O)S1(=O)=O)OC1CCOCC1. The first-order valence-electron chi connectivity index (χ1n) is 12.9. The number of sulfone groups is 1. The number of hydrogen-bond acceptors (Lipinski definition) is 11. The predicted molar refractivity (Wildman–Crippen MR) is 146 cm³/mol. The molecule has 4 heterocycles. The number of fused-ring (bicyclic) bond motifs is 1. The number of benzene rings is 1. The summed E-state index contributed by atoms with van der Waals surface area (Å²) in [6, 6.07) is 7.10. The molecule has 0 aliphatic carbocycles. The minimum Gasteiger partial charge on any atom is -0.496 e. The minimum atomic E-state index is -4.60. The topological polar surface area (TPSA) is 163 Å². The largest absolute Gasteiger partial charge is 0.496 e. The van der Waals surface area contributed by atoms with Gasteiger partial charge >= 0.3 is 10.2 Å². The average molecular weight is 610 g/mol. The number of carbonyl (C=O) groups excluding carboxylic acids is 1. The summed E-state index contributed by atoms with van der Waals surface area (Å²) in [6.45, 7) is 0.152. The first-order chi connectivity index (χ1) is 19.5. The van der Waals surface area contributed by atoms with Crippen molar-refractivity contribution >= 4 is 31.8 Å². The Morgan fingerprint density at radius 3 is 2.56 bits per heavy atom. The van der Waals surface area contributed by atoms with Gasteiger partial charge < -0.3 is 23.2 Å². The highest BCUT2D eigenvalue weighted by Crippen LogP contribution is 2.38. The van der Waals surface area contributed by atoms with E-state index in [-0.39, 0.29) is 35.9 Å². The second-order valence-electron chi connectivity index (χ2n) is 9.73. The maximum Gasteiger partial charge on any atom is 0.330 e. The number of methoxy groups -OCH3 is 1. The monoisotopic (exact) mass is 609 g/mol. The number of oxazole rings is 1. The van der Waals surface area contributed by atoms with Gasteiger partial charge in [0.05, 0.1) is 38.3 Å². The zero-order valence-corrected chi connectivity index (χ0v) is 24.4. The van der Waals surface area contributed by atoms with Crippen LogP contribution in [0, 0.1) is 0 Å². The van der Waals surface area contributed by atoms with Crippen LogP contribution >= 0.6 is 0 Å². The Labute approximate surface area is 237 Å². The molecule has 5 rings (SSSR count). The zero-order chi connectivity index (χ0) is 29.4. The molecule has 0 bridgehead atoms. The van der Waals surface area contributed by atoms with Crippen LogP contribution in [0.1, 0.15) is 35.0 Å². The van der Waals surface area contributed by atoms with Gasteiger partial charge in [-0.3, -0.25) is 4.79 Å². The van der Waals surface area contributed by atoms with Crippen molar-refractivity contribution in [1.82, 2.24) is 18.8 Å². The fraction of sp³-hybridized carbons (Fsp3) is 0.480. The van der Waals surface area contributed by atoms with Crippen LogP contribution in [0.4, 0.5) is 5.82 Å². The lowest BCUT2D eigenvalue weighted by atomic mass is 10.1. The molecule has 0 saturated carbocycles. The van der Waals surface area contributed by atoms with Crippen LogP contribution in [0.15, 0.2) is 41.1 Å². The molecular weight excluding hydrogens is 578 g/mol. The highest BCUT2D eigenvalue weighted by molar-refractivity contribution is 7.91. The second kappa shape index (κ2) is 11.4. The van der Waals surface area contributed by atoms with Gasteiger partial charge in [0, 0.05) is 32.1 Å². The average Bonchev–Trinajstić information content (AvgIpc) is 3.58. The molecule has 0 N–H and O–H groups in total. The van der Waals surface area contributed by atoms with Gasteiger partial charge in [-0.2, -0.15) is 8.42 Å². The summed E-state index contributed by atoms with van der Waals surface area (Å²) >= 11 is 0. The minimum absolute atomic E-state index is 0.0635. The fourth-order valence-corrected chi connectivity index (χ4v) is 7.02. The quantitative estimate of drug-likeness (QED) is 0.328. The third-order valence-corrected chi connectivity index (χ3v) is 9.64. The Bertz CT molecular complexity index is 1610. The van der Waals surface area contributed by atoms with Crippen LogP contribution in [-0.2, 0) is 36.6 Å². The van der Waals surface area contributed by atoms with Crippen molar-refractivity contribution in [3.63, 3.8) is 0 Å². The van der Waals surface area contributed by atoms with Gasteiger partial charge in [0.2, 0.25) is 0 Å². The molecular formula is C25H31N5O9S2. The van der Waals surface area contributed by atoms with Crippen molar-refractivity contribution in [3.8, 4) is 17.5 Å². The normalized spacial score (nSPS) is 18.4. The molecule has 41 heavy (non-hydrogen) atoms. The van der Waals surface area contributed by atoms with E-state index in [0.717, 1.165) is 10.6 Å². The first-order valence-corrected chi connectivity index (χ1v) is 16.3. The van der Waals surface area contributed by atoms with Crippen LogP contribution in [0.5, 0.6) is 5.75 Å². The molecule has 1 fully saturated rings. The Hall–Kier alpha value is -3.47. The van der Waals surface area contributed by atoms with Gasteiger partial charge in [-0.15, -0.1) is 0 Å². The van der Waals surface area contributed by atoms with E-state index in [9.17, 15) is 21.6 Å². The highest BCUT2D eigenvalue weighted by Gasteiger charge is 2.47. The van der Waals surface area contributed by atoms with Crippen molar-refractivity contribution in [1.29, 1.82) is 0 Å². The van der Waals surface area contributed by atoms with Crippen molar-refractivity contribution in [2.45, 2.75) is 25.0 Å². The molecule has 16 heteroatoms. The molecule has 0 spiro atoms. The molecule has 2 aliphatic rings. The van der Waals surface area contributed by atoms with E-state index in [0.29, 0.717) is 41.7 Å². The smallest absolute Gasteiger partial charge is 0.330 e. The number of imidazole rings is 1.